The molecule has 122 valence electrons. The highest BCUT2D eigenvalue weighted by Crippen LogP contribution is 2.34. The van der Waals surface area contributed by atoms with Crippen molar-refractivity contribution in [1.82, 2.24) is 0 Å². The molecule has 2 aliphatic rings. The molecule has 1 aromatic rings. The summed E-state index contributed by atoms with van der Waals surface area (Å²) >= 11 is 0. The molecule has 0 amide bonds. The maximum absolute atomic E-state index is 5.51. The van der Waals surface area contributed by atoms with Crippen LogP contribution in [-0.2, 0) is 0 Å². The predicted molar refractivity (Wildman–Crippen MR) is 93.7 cm³/mol. The van der Waals surface area contributed by atoms with Gasteiger partial charge in [-0.3, -0.25) is 0 Å². The van der Waals surface area contributed by atoms with Crippen molar-refractivity contribution in [2.24, 2.45) is 11.8 Å². The zero-order chi connectivity index (χ0) is 15.2. The van der Waals surface area contributed by atoms with Crippen LogP contribution in [0.4, 0.5) is 5.69 Å². The molecule has 3 rings (SSSR count). The summed E-state index contributed by atoms with van der Waals surface area (Å²) in [4.78, 5) is 2.51. The molecular weight excluding hydrogens is 270 g/mol. The van der Waals surface area contributed by atoms with Crippen LogP contribution in [0.3, 0.4) is 0 Å². The van der Waals surface area contributed by atoms with Gasteiger partial charge in [-0.15, -0.1) is 0 Å². The minimum absolute atomic E-state index is 0.952. The Morgan fingerprint density at radius 2 is 1.55 bits per heavy atom. The normalized spacial score (nSPS) is 21.0. The summed E-state index contributed by atoms with van der Waals surface area (Å²) in [6, 6.07) is 8.44. The Kier molecular flexibility index (Phi) is 5.64. The van der Waals surface area contributed by atoms with Gasteiger partial charge in [0.1, 0.15) is 5.75 Å². The summed E-state index contributed by atoms with van der Waals surface area (Å²) in [6.07, 6.45) is 13.1. The van der Waals surface area contributed by atoms with Crippen LogP contribution in [-0.4, -0.2) is 20.2 Å². The summed E-state index contributed by atoms with van der Waals surface area (Å²) in [6.45, 7) is 2.38. The van der Waals surface area contributed by atoms with E-state index in [1.54, 1.807) is 7.11 Å². The first-order chi connectivity index (χ1) is 10.9. The topological polar surface area (TPSA) is 12.5 Å². The number of methoxy groups -OCH3 is 1. The van der Waals surface area contributed by atoms with Gasteiger partial charge in [0.2, 0.25) is 0 Å². The van der Waals surface area contributed by atoms with Gasteiger partial charge in [0, 0.05) is 13.1 Å². The molecule has 0 N–H and O–H groups in total. The number of anilines is 1. The van der Waals surface area contributed by atoms with Crippen molar-refractivity contribution >= 4 is 5.69 Å². The number of hydrogen-bond acceptors (Lipinski definition) is 2. The van der Waals surface area contributed by atoms with Crippen LogP contribution in [0.15, 0.2) is 24.3 Å². The molecule has 0 radical (unpaired) electrons. The van der Waals surface area contributed by atoms with Gasteiger partial charge in [-0.1, -0.05) is 57.1 Å². The Labute approximate surface area is 135 Å². The third-order valence-electron chi connectivity index (χ3n) is 5.75. The molecule has 1 saturated carbocycles. The summed E-state index contributed by atoms with van der Waals surface area (Å²) in [5.41, 5.74) is 1.27. The third kappa shape index (κ3) is 3.97. The summed E-state index contributed by atoms with van der Waals surface area (Å²) in [5.74, 6) is 3.01. The van der Waals surface area contributed by atoms with Crippen molar-refractivity contribution in [2.45, 2.75) is 57.8 Å². The smallest absolute Gasteiger partial charge is 0.142 e. The number of para-hydroxylation sites is 2. The zero-order valence-corrected chi connectivity index (χ0v) is 14.1. The highest BCUT2D eigenvalue weighted by Gasteiger charge is 2.22. The Bertz CT molecular complexity index is 445. The molecule has 0 spiro atoms. The highest BCUT2D eigenvalue weighted by atomic mass is 16.5. The fraction of sp³-hybridized carbons (Fsp3) is 0.700. The lowest BCUT2D eigenvalue weighted by Crippen LogP contribution is -2.34. The predicted octanol–water partition coefficient (Wildman–Crippen LogP) is 5.27. The van der Waals surface area contributed by atoms with Crippen molar-refractivity contribution < 1.29 is 4.74 Å². The highest BCUT2D eigenvalue weighted by molar-refractivity contribution is 5.58. The second-order valence-corrected chi connectivity index (χ2v) is 7.18. The molecule has 1 aliphatic carbocycles. The van der Waals surface area contributed by atoms with E-state index in [0.29, 0.717) is 0 Å². The molecule has 2 nitrogen and oxygen atoms in total. The van der Waals surface area contributed by atoms with Gasteiger partial charge in [-0.2, -0.15) is 0 Å². The van der Waals surface area contributed by atoms with Gasteiger partial charge in [-0.05, 0) is 36.8 Å². The van der Waals surface area contributed by atoms with Gasteiger partial charge in [-0.25, -0.2) is 0 Å². The van der Waals surface area contributed by atoms with E-state index in [1.807, 2.05) is 0 Å². The van der Waals surface area contributed by atoms with Gasteiger partial charge in [0.15, 0.2) is 0 Å². The standard InChI is InChI=1S/C20H31NO/c1-22-20-10-6-5-9-19(20)21-15-13-18(14-16-21)12-11-17-7-3-2-4-8-17/h5-6,9-10,17-18H,2-4,7-8,11-16H2,1H3. The number of rotatable bonds is 5. The monoisotopic (exact) mass is 301 g/mol. The van der Waals surface area contributed by atoms with Crippen molar-refractivity contribution in [3.63, 3.8) is 0 Å². The van der Waals surface area contributed by atoms with E-state index in [4.69, 9.17) is 4.74 Å². The molecule has 1 aromatic carbocycles. The average molecular weight is 301 g/mol. The van der Waals surface area contributed by atoms with Gasteiger partial charge in [0.05, 0.1) is 12.8 Å². The summed E-state index contributed by atoms with van der Waals surface area (Å²) in [7, 11) is 1.77. The third-order valence-corrected chi connectivity index (χ3v) is 5.75. The van der Waals surface area contributed by atoms with E-state index in [2.05, 4.69) is 29.2 Å². The number of benzene rings is 1. The van der Waals surface area contributed by atoms with E-state index >= 15 is 0 Å². The Balaban J connectivity index is 1.45. The number of hydrogen-bond donors (Lipinski definition) is 0. The van der Waals surface area contributed by atoms with Gasteiger partial charge >= 0.3 is 0 Å². The van der Waals surface area contributed by atoms with Crippen LogP contribution in [0.2, 0.25) is 0 Å². The first-order valence-corrected chi connectivity index (χ1v) is 9.25. The largest absolute Gasteiger partial charge is 0.495 e. The van der Waals surface area contributed by atoms with Crippen molar-refractivity contribution in [3.8, 4) is 5.75 Å². The van der Waals surface area contributed by atoms with Crippen LogP contribution < -0.4 is 9.64 Å². The molecule has 22 heavy (non-hydrogen) atoms. The maximum Gasteiger partial charge on any atom is 0.142 e. The Morgan fingerprint density at radius 1 is 0.909 bits per heavy atom. The molecule has 0 aromatic heterocycles. The van der Waals surface area contributed by atoms with E-state index in [9.17, 15) is 0 Å². The zero-order valence-electron chi connectivity index (χ0n) is 14.1. The van der Waals surface area contributed by atoms with E-state index in [1.165, 1.54) is 76.6 Å². The van der Waals surface area contributed by atoms with E-state index in [0.717, 1.165) is 17.6 Å². The fourth-order valence-electron chi connectivity index (χ4n) is 4.30. The van der Waals surface area contributed by atoms with Crippen molar-refractivity contribution in [3.05, 3.63) is 24.3 Å². The van der Waals surface area contributed by atoms with Crippen LogP contribution in [0, 0.1) is 11.8 Å². The Hall–Kier alpha value is -1.18. The lowest BCUT2D eigenvalue weighted by atomic mass is 9.82. The molecule has 2 fully saturated rings. The lowest BCUT2D eigenvalue weighted by molar-refractivity contribution is 0.287. The quantitative estimate of drug-likeness (QED) is 0.734. The lowest BCUT2D eigenvalue weighted by Gasteiger charge is -2.35. The fourth-order valence-corrected chi connectivity index (χ4v) is 4.30. The summed E-state index contributed by atoms with van der Waals surface area (Å²) < 4.78 is 5.51. The summed E-state index contributed by atoms with van der Waals surface area (Å²) in [5, 5.41) is 0. The molecular formula is C20H31NO. The molecule has 1 saturated heterocycles. The van der Waals surface area contributed by atoms with Crippen LogP contribution >= 0.6 is 0 Å². The second kappa shape index (κ2) is 7.89. The SMILES string of the molecule is COc1ccccc1N1CCC(CCC2CCCCC2)CC1. The minimum Gasteiger partial charge on any atom is -0.495 e. The van der Waals surface area contributed by atoms with Crippen LogP contribution in [0.5, 0.6) is 5.75 Å². The van der Waals surface area contributed by atoms with Crippen LogP contribution in [0.25, 0.3) is 0 Å². The van der Waals surface area contributed by atoms with E-state index in [-0.39, 0.29) is 0 Å². The molecule has 2 heteroatoms. The van der Waals surface area contributed by atoms with Gasteiger partial charge in [0.25, 0.3) is 0 Å². The molecule has 0 atom stereocenters. The van der Waals surface area contributed by atoms with Gasteiger partial charge < -0.3 is 9.64 Å². The Morgan fingerprint density at radius 3 is 2.23 bits per heavy atom. The second-order valence-electron chi connectivity index (χ2n) is 7.18. The minimum atomic E-state index is 0.952. The number of ether oxygens (including phenoxy) is 1. The molecule has 0 bridgehead atoms. The number of piperidine rings is 1. The van der Waals surface area contributed by atoms with Crippen molar-refractivity contribution in [1.29, 1.82) is 0 Å². The first-order valence-electron chi connectivity index (χ1n) is 9.25. The van der Waals surface area contributed by atoms with E-state index < -0.39 is 0 Å². The number of nitrogens with zero attached hydrogens (tertiary/aromatic N) is 1. The maximum atomic E-state index is 5.51. The molecule has 0 unspecified atom stereocenters. The molecule has 1 aliphatic heterocycles. The first kappa shape index (κ1) is 15.7. The average Bonchev–Trinajstić information content (AvgIpc) is 2.61. The van der Waals surface area contributed by atoms with Crippen molar-refractivity contribution in [2.75, 3.05) is 25.1 Å². The molecule has 1 heterocycles. The van der Waals surface area contributed by atoms with Crippen LogP contribution in [0.1, 0.15) is 57.8 Å².